The van der Waals surface area contributed by atoms with E-state index in [9.17, 15) is 0 Å². The van der Waals surface area contributed by atoms with Gasteiger partial charge in [-0.25, -0.2) is 0 Å². The van der Waals surface area contributed by atoms with Crippen molar-refractivity contribution in [3.05, 3.63) is 0 Å². The molecule has 0 aliphatic rings. The van der Waals surface area contributed by atoms with Gasteiger partial charge in [0.2, 0.25) is 0 Å². The second-order valence-electron chi connectivity index (χ2n) is 2.86. The molecule has 0 fully saturated rings. The lowest BCUT2D eigenvalue weighted by molar-refractivity contribution is 0.0919. The van der Waals surface area contributed by atoms with Crippen molar-refractivity contribution in [1.82, 2.24) is 5.32 Å². The standard InChI is InChI=1S/C8H19NO3S/c1-7(13)12-4-2-3-9-5-8(11)6-10/h7-11,13H,2-6H2,1H3/t7?,8-/m0/s1. The minimum absolute atomic E-state index is 0.0250. The van der Waals surface area contributed by atoms with Gasteiger partial charge >= 0.3 is 0 Å². The second kappa shape index (κ2) is 8.77. The molecule has 0 aliphatic carbocycles. The van der Waals surface area contributed by atoms with Crippen LogP contribution in [-0.2, 0) is 4.74 Å². The summed E-state index contributed by atoms with van der Waals surface area (Å²) in [5.41, 5.74) is -0.0250. The lowest BCUT2D eigenvalue weighted by Gasteiger charge is -2.09. The molecule has 0 bridgehead atoms. The Bertz CT molecular complexity index is 114. The van der Waals surface area contributed by atoms with Gasteiger partial charge in [0.1, 0.15) is 0 Å². The van der Waals surface area contributed by atoms with Gasteiger partial charge in [-0.2, -0.15) is 0 Å². The molecule has 0 rings (SSSR count). The summed E-state index contributed by atoms with van der Waals surface area (Å²) in [7, 11) is 0. The predicted molar refractivity (Wildman–Crippen MR) is 55.0 cm³/mol. The molecule has 0 saturated heterocycles. The van der Waals surface area contributed by atoms with Crippen molar-refractivity contribution in [2.75, 3.05) is 26.3 Å². The predicted octanol–water partition coefficient (Wildman–Crippen LogP) is -0.388. The molecule has 0 aromatic heterocycles. The molecule has 0 saturated carbocycles. The summed E-state index contributed by atoms with van der Waals surface area (Å²) in [4.78, 5) is 0. The summed E-state index contributed by atoms with van der Waals surface area (Å²) in [5.74, 6) is 0. The SMILES string of the molecule is CC(S)OCCCNC[C@H](O)CO. The zero-order valence-electron chi connectivity index (χ0n) is 7.94. The largest absolute Gasteiger partial charge is 0.394 e. The minimum Gasteiger partial charge on any atom is -0.394 e. The van der Waals surface area contributed by atoms with E-state index in [1.165, 1.54) is 0 Å². The maximum Gasteiger partial charge on any atom is 0.0971 e. The summed E-state index contributed by atoms with van der Waals surface area (Å²) in [6.45, 7) is 3.53. The molecular formula is C8H19NO3S. The van der Waals surface area contributed by atoms with Gasteiger partial charge in [-0.05, 0) is 19.9 Å². The van der Waals surface area contributed by atoms with Crippen LogP contribution < -0.4 is 5.32 Å². The minimum atomic E-state index is -0.662. The van der Waals surface area contributed by atoms with E-state index in [1.54, 1.807) is 0 Å². The van der Waals surface area contributed by atoms with Gasteiger partial charge in [-0.1, -0.05) is 0 Å². The lowest BCUT2D eigenvalue weighted by atomic mass is 10.3. The molecule has 0 aromatic carbocycles. The normalized spacial score (nSPS) is 15.7. The molecule has 0 spiro atoms. The van der Waals surface area contributed by atoms with Gasteiger partial charge in [-0.15, -0.1) is 12.6 Å². The van der Waals surface area contributed by atoms with E-state index in [4.69, 9.17) is 14.9 Å². The number of aliphatic hydroxyl groups excluding tert-OH is 2. The molecule has 80 valence electrons. The highest BCUT2D eigenvalue weighted by atomic mass is 32.1. The highest BCUT2D eigenvalue weighted by Crippen LogP contribution is 1.94. The Morgan fingerprint density at radius 3 is 2.77 bits per heavy atom. The van der Waals surface area contributed by atoms with Crippen LogP contribution in [-0.4, -0.2) is 48.1 Å². The van der Waals surface area contributed by atoms with Gasteiger partial charge in [0.05, 0.1) is 18.1 Å². The van der Waals surface area contributed by atoms with Gasteiger partial charge < -0.3 is 20.3 Å². The molecule has 5 heteroatoms. The summed E-state index contributed by atoms with van der Waals surface area (Å²) in [5, 5.41) is 20.4. The van der Waals surface area contributed by atoms with E-state index in [0.29, 0.717) is 13.2 Å². The topological polar surface area (TPSA) is 61.7 Å². The third kappa shape index (κ3) is 10.1. The number of thiol groups is 1. The molecule has 0 aromatic rings. The van der Waals surface area contributed by atoms with E-state index in [2.05, 4.69) is 17.9 Å². The van der Waals surface area contributed by atoms with Gasteiger partial charge in [-0.3, -0.25) is 0 Å². The monoisotopic (exact) mass is 209 g/mol. The first-order valence-corrected chi connectivity index (χ1v) is 4.97. The Balaban J connectivity index is 2.99. The Morgan fingerprint density at radius 2 is 2.23 bits per heavy atom. The van der Waals surface area contributed by atoms with Crippen molar-refractivity contribution < 1.29 is 14.9 Å². The average molecular weight is 209 g/mol. The fourth-order valence-electron chi connectivity index (χ4n) is 0.784. The third-order valence-electron chi connectivity index (χ3n) is 1.45. The first-order valence-electron chi connectivity index (χ1n) is 4.46. The molecule has 0 amide bonds. The number of ether oxygens (including phenoxy) is 1. The van der Waals surface area contributed by atoms with Crippen molar-refractivity contribution in [2.24, 2.45) is 0 Å². The Hall–Kier alpha value is 0.190. The van der Waals surface area contributed by atoms with Crippen LogP contribution in [0.25, 0.3) is 0 Å². The number of aliphatic hydroxyl groups is 2. The Labute approximate surface area is 84.7 Å². The smallest absolute Gasteiger partial charge is 0.0971 e. The van der Waals surface area contributed by atoms with Crippen LogP contribution in [0.1, 0.15) is 13.3 Å². The van der Waals surface area contributed by atoms with Crippen molar-refractivity contribution >= 4 is 12.6 Å². The van der Waals surface area contributed by atoms with Crippen LogP contribution in [0, 0.1) is 0 Å². The number of rotatable bonds is 8. The molecular weight excluding hydrogens is 190 g/mol. The summed E-state index contributed by atoms with van der Waals surface area (Å²) in [6, 6.07) is 0. The number of hydrogen-bond acceptors (Lipinski definition) is 5. The summed E-state index contributed by atoms with van der Waals surface area (Å²) < 4.78 is 5.19. The highest BCUT2D eigenvalue weighted by molar-refractivity contribution is 7.80. The second-order valence-corrected chi connectivity index (χ2v) is 3.59. The summed E-state index contributed by atoms with van der Waals surface area (Å²) >= 11 is 4.06. The molecule has 13 heavy (non-hydrogen) atoms. The Kier molecular flexibility index (Phi) is 8.90. The van der Waals surface area contributed by atoms with Crippen LogP contribution in [0.4, 0.5) is 0 Å². The molecule has 3 N–H and O–H groups in total. The van der Waals surface area contributed by atoms with Gasteiger partial charge in [0.15, 0.2) is 0 Å². The van der Waals surface area contributed by atoms with Gasteiger partial charge in [0, 0.05) is 13.2 Å². The first kappa shape index (κ1) is 13.2. The number of nitrogens with one attached hydrogen (secondary N) is 1. The molecule has 0 heterocycles. The molecule has 4 nitrogen and oxygen atoms in total. The molecule has 0 aliphatic heterocycles. The van der Waals surface area contributed by atoms with E-state index in [1.807, 2.05) is 6.92 Å². The van der Waals surface area contributed by atoms with Crippen molar-refractivity contribution in [3.8, 4) is 0 Å². The zero-order valence-corrected chi connectivity index (χ0v) is 8.83. The van der Waals surface area contributed by atoms with E-state index in [-0.39, 0.29) is 12.0 Å². The molecule has 2 atom stereocenters. The lowest BCUT2D eigenvalue weighted by Crippen LogP contribution is -2.30. The van der Waals surface area contributed by atoms with E-state index >= 15 is 0 Å². The van der Waals surface area contributed by atoms with Crippen LogP contribution in [0.5, 0.6) is 0 Å². The highest BCUT2D eigenvalue weighted by Gasteiger charge is 1.99. The average Bonchev–Trinajstić information content (AvgIpc) is 2.10. The summed E-state index contributed by atoms with van der Waals surface area (Å²) in [6.07, 6.45) is 0.216. The quantitative estimate of drug-likeness (QED) is 0.250. The fraction of sp³-hybridized carbons (Fsp3) is 1.00. The number of hydrogen-bond donors (Lipinski definition) is 4. The van der Waals surface area contributed by atoms with E-state index < -0.39 is 6.10 Å². The van der Waals surface area contributed by atoms with Crippen LogP contribution in [0.15, 0.2) is 0 Å². The first-order chi connectivity index (χ1) is 6.16. The van der Waals surface area contributed by atoms with Crippen LogP contribution >= 0.6 is 12.6 Å². The van der Waals surface area contributed by atoms with E-state index in [0.717, 1.165) is 13.0 Å². The Morgan fingerprint density at radius 1 is 1.54 bits per heavy atom. The van der Waals surface area contributed by atoms with Crippen molar-refractivity contribution in [3.63, 3.8) is 0 Å². The zero-order chi connectivity index (χ0) is 10.1. The maximum atomic E-state index is 8.95. The maximum absolute atomic E-state index is 8.95. The van der Waals surface area contributed by atoms with Crippen molar-refractivity contribution in [2.45, 2.75) is 24.9 Å². The van der Waals surface area contributed by atoms with Crippen LogP contribution in [0.3, 0.4) is 0 Å². The van der Waals surface area contributed by atoms with Crippen molar-refractivity contribution in [1.29, 1.82) is 0 Å². The fourth-order valence-corrected chi connectivity index (χ4v) is 0.890. The third-order valence-corrected chi connectivity index (χ3v) is 1.60. The molecule has 0 radical (unpaired) electrons. The molecule has 1 unspecified atom stereocenters. The van der Waals surface area contributed by atoms with Crippen LogP contribution in [0.2, 0.25) is 0 Å². The van der Waals surface area contributed by atoms with Gasteiger partial charge in [0.25, 0.3) is 0 Å².